The Morgan fingerprint density at radius 3 is 2.48 bits per heavy atom. The van der Waals surface area contributed by atoms with E-state index in [-0.39, 0.29) is 11.7 Å². The smallest absolute Gasteiger partial charge is 0.234 e. The van der Waals surface area contributed by atoms with E-state index in [4.69, 9.17) is 11.6 Å². The van der Waals surface area contributed by atoms with Crippen LogP contribution in [-0.4, -0.2) is 26.4 Å². The molecule has 1 heterocycles. The Morgan fingerprint density at radius 2 is 1.76 bits per heavy atom. The van der Waals surface area contributed by atoms with Crippen LogP contribution in [0.1, 0.15) is 23.6 Å². The second-order valence-corrected chi connectivity index (χ2v) is 9.06. The van der Waals surface area contributed by atoms with Crippen molar-refractivity contribution in [2.45, 2.75) is 32.0 Å². The maximum absolute atomic E-state index is 12.8. The van der Waals surface area contributed by atoms with Crippen LogP contribution in [0, 0.1) is 6.92 Å². The number of carbonyl (C=O) groups is 1. The van der Waals surface area contributed by atoms with Crippen LogP contribution in [0.5, 0.6) is 0 Å². The molecule has 4 rings (SSSR count). The maximum atomic E-state index is 12.8. The molecular weight excluding hydrogens is 452 g/mol. The van der Waals surface area contributed by atoms with Crippen LogP contribution in [0.25, 0.3) is 11.4 Å². The van der Waals surface area contributed by atoms with Crippen molar-refractivity contribution >= 4 is 35.0 Å². The standard InChI is InChI=1S/C26H25ClN4OS/c1-3-20-11-7-8-18(2)24(20)28-23(32)17-33-26-30-29-25(21-12-14-22(27)15-13-21)31(26)16-19-9-5-4-6-10-19/h4-15H,3,16-17H2,1-2H3,(H,28,32). The molecule has 0 spiro atoms. The lowest BCUT2D eigenvalue weighted by atomic mass is 10.1. The number of para-hydroxylation sites is 1. The summed E-state index contributed by atoms with van der Waals surface area (Å²) < 4.78 is 2.04. The number of anilines is 1. The fraction of sp³-hybridized carbons (Fsp3) is 0.192. The summed E-state index contributed by atoms with van der Waals surface area (Å²) >= 11 is 7.45. The van der Waals surface area contributed by atoms with Crippen molar-refractivity contribution in [1.82, 2.24) is 14.8 Å². The van der Waals surface area contributed by atoms with Crippen molar-refractivity contribution in [3.63, 3.8) is 0 Å². The normalized spacial score (nSPS) is 10.9. The number of nitrogens with one attached hydrogen (secondary N) is 1. The third kappa shape index (κ3) is 5.64. The molecule has 0 aliphatic heterocycles. The zero-order valence-corrected chi connectivity index (χ0v) is 20.2. The number of benzene rings is 3. The van der Waals surface area contributed by atoms with Crippen LogP contribution in [0.4, 0.5) is 5.69 Å². The van der Waals surface area contributed by atoms with Crippen LogP contribution in [0.3, 0.4) is 0 Å². The van der Waals surface area contributed by atoms with Gasteiger partial charge in [-0.15, -0.1) is 10.2 Å². The van der Waals surface area contributed by atoms with Gasteiger partial charge in [-0.25, -0.2) is 0 Å². The van der Waals surface area contributed by atoms with Gasteiger partial charge < -0.3 is 5.32 Å². The Kier molecular flexibility index (Phi) is 7.47. The van der Waals surface area contributed by atoms with E-state index in [2.05, 4.69) is 34.6 Å². The Hall–Kier alpha value is -3.09. The number of rotatable bonds is 8. The topological polar surface area (TPSA) is 59.8 Å². The van der Waals surface area contributed by atoms with Gasteiger partial charge in [-0.2, -0.15) is 0 Å². The van der Waals surface area contributed by atoms with Gasteiger partial charge in [0.1, 0.15) is 0 Å². The predicted octanol–water partition coefficient (Wildman–Crippen LogP) is 6.25. The molecule has 0 saturated carbocycles. The zero-order chi connectivity index (χ0) is 23.2. The average molecular weight is 477 g/mol. The molecule has 1 amide bonds. The van der Waals surface area contributed by atoms with E-state index in [0.717, 1.165) is 40.2 Å². The number of amides is 1. The summed E-state index contributed by atoms with van der Waals surface area (Å²) in [7, 11) is 0. The number of aromatic nitrogens is 3. The van der Waals surface area contributed by atoms with Crippen LogP contribution in [0.15, 0.2) is 78.0 Å². The van der Waals surface area contributed by atoms with Crippen molar-refractivity contribution in [3.8, 4) is 11.4 Å². The first-order valence-corrected chi connectivity index (χ1v) is 12.2. The Balaban J connectivity index is 1.56. The van der Waals surface area contributed by atoms with E-state index >= 15 is 0 Å². The highest BCUT2D eigenvalue weighted by Gasteiger charge is 2.17. The minimum absolute atomic E-state index is 0.0636. The summed E-state index contributed by atoms with van der Waals surface area (Å²) in [4.78, 5) is 12.8. The van der Waals surface area contributed by atoms with Gasteiger partial charge in [0.15, 0.2) is 11.0 Å². The van der Waals surface area contributed by atoms with Gasteiger partial charge in [0.2, 0.25) is 5.91 Å². The minimum Gasteiger partial charge on any atom is -0.325 e. The highest BCUT2D eigenvalue weighted by atomic mass is 35.5. The molecule has 5 nitrogen and oxygen atoms in total. The molecule has 0 unspecified atom stereocenters. The molecule has 33 heavy (non-hydrogen) atoms. The molecular formula is C26H25ClN4OS. The fourth-order valence-corrected chi connectivity index (χ4v) is 4.49. The zero-order valence-electron chi connectivity index (χ0n) is 18.6. The summed E-state index contributed by atoms with van der Waals surface area (Å²) in [6.45, 7) is 4.70. The highest BCUT2D eigenvalue weighted by Crippen LogP contribution is 2.27. The van der Waals surface area contributed by atoms with E-state index < -0.39 is 0 Å². The summed E-state index contributed by atoms with van der Waals surface area (Å²) in [5.74, 6) is 0.919. The van der Waals surface area contributed by atoms with Gasteiger partial charge in [0.25, 0.3) is 0 Å². The second kappa shape index (κ2) is 10.7. The van der Waals surface area contributed by atoms with Crippen LogP contribution < -0.4 is 5.32 Å². The van der Waals surface area contributed by atoms with Crippen molar-refractivity contribution < 1.29 is 4.79 Å². The molecule has 1 N–H and O–H groups in total. The Labute approximate surface area is 203 Å². The van der Waals surface area contributed by atoms with Crippen molar-refractivity contribution in [1.29, 1.82) is 0 Å². The molecule has 0 aliphatic rings. The Bertz CT molecular complexity index is 1240. The third-order valence-electron chi connectivity index (χ3n) is 5.34. The SMILES string of the molecule is CCc1cccc(C)c1NC(=O)CSc1nnc(-c2ccc(Cl)cc2)n1Cc1ccccc1. The monoisotopic (exact) mass is 476 g/mol. The molecule has 0 fully saturated rings. The molecule has 0 aliphatic carbocycles. The average Bonchev–Trinajstić information content (AvgIpc) is 3.22. The first-order valence-electron chi connectivity index (χ1n) is 10.8. The van der Waals surface area contributed by atoms with Gasteiger partial charge in [-0.3, -0.25) is 9.36 Å². The predicted molar refractivity (Wildman–Crippen MR) is 136 cm³/mol. The van der Waals surface area contributed by atoms with Gasteiger partial charge in [0, 0.05) is 16.3 Å². The van der Waals surface area contributed by atoms with E-state index in [1.807, 2.05) is 72.2 Å². The molecule has 3 aromatic carbocycles. The van der Waals surface area contributed by atoms with Crippen molar-refractivity contribution in [2.24, 2.45) is 0 Å². The molecule has 1 aromatic heterocycles. The minimum atomic E-state index is -0.0636. The fourth-order valence-electron chi connectivity index (χ4n) is 3.62. The molecule has 168 valence electrons. The molecule has 0 saturated heterocycles. The number of aryl methyl sites for hydroxylation is 2. The van der Waals surface area contributed by atoms with Crippen LogP contribution >= 0.6 is 23.4 Å². The van der Waals surface area contributed by atoms with Crippen molar-refractivity contribution in [2.75, 3.05) is 11.1 Å². The summed E-state index contributed by atoms with van der Waals surface area (Å²) in [6, 6.07) is 23.8. The first kappa shape index (κ1) is 23.1. The quantitative estimate of drug-likeness (QED) is 0.305. The van der Waals surface area contributed by atoms with Gasteiger partial charge >= 0.3 is 0 Å². The van der Waals surface area contributed by atoms with Gasteiger partial charge in [-0.1, -0.05) is 78.8 Å². The number of carbonyl (C=O) groups excluding carboxylic acids is 1. The number of halogens is 1. The number of thioether (sulfide) groups is 1. The number of hydrogen-bond donors (Lipinski definition) is 1. The molecule has 0 bridgehead atoms. The lowest BCUT2D eigenvalue weighted by molar-refractivity contribution is -0.113. The van der Waals surface area contributed by atoms with Crippen molar-refractivity contribution in [3.05, 3.63) is 94.5 Å². The molecule has 0 atom stereocenters. The van der Waals surface area contributed by atoms with E-state index in [1.165, 1.54) is 11.8 Å². The van der Waals surface area contributed by atoms with E-state index in [9.17, 15) is 4.79 Å². The molecule has 0 radical (unpaired) electrons. The van der Waals surface area contributed by atoms with Gasteiger partial charge in [-0.05, 0) is 54.3 Å². The van der Waals surface area contributed by atoms with Crippen LogP contribution in [0.2, 0.25) is 5.02 Å². The first-order chi connectivity index (χ1) is 16.0. The van der Waals surface area contributed by atoms with E-state index in [1.54, 1.807) is 0 Å². The number of hydrogen-bond acceptors (Lipinski definition) is 4. The third-order valence-corrected chi connectivity index (χ3v) is 6.56. The molecule has 4 aromatic rings. The molecule has 7 heteroatoms. The lowest BCUT2D eigenvalue weighted by Gasteiger charge is -2.13. The largest absolute Gasteiger partial charge is 0.325 e. The summed E-state index contributed by atoms with van der Waals surface area (Å²) in [5.41, 5.74) is 5.15. The van der Waals surface area contributed by atoms with E-state index in [0.29, 0.717) is 16.7 Å². The Morgan fingerprint density at radius 1 is 1.00 bits per heavy atom. The lowest BCUT2D eigenvalue weighted by Crippen LogP contribution is -2.17. The second-order valence-electron chi connectivity index (χ2n) is 7.68. The summed E-state index contributed by atoms with van der Waals surface area (Å²) in [5, 5.41) is 13.3. The van der Waals surface area contributed by atoms with Crippen LogP contribution in [-0.2, 0) is 17.8 Å². The maximum Gasteiger partial charge on any atom is 0.234 e. The number of nitrogens with zero attached hydrogens (tertiary/aromatic N) is 3. The van der Waals surface area contributed by atoms with Gasteiger partial charge in [0.05, 0.1) is 12.3 Å². The highest BCUT2D eigenvalue weighted by molar-refractivity contribution is 7.99. The summed E-state index contributed by atoms with van der Waals surface area (Å²) in [6.07, 6.45) is 0.861.